The third-order valence-corrected chi connectivity index (χ3v) is 2.00. The van der Waals surface area contributed by atoms with E-state index in [1.807, 2.05) is 6.92 Å². The number of hydrogen-bond donors (Lipinski definition) is 0. The average Bonchev–Trinajstić information content (AvgIpc) is 2.52. The molecule has 0 amide bonds. The third-order valence-electron chi connectivity index (χ3n) is 1.25. The van der Waals surface area contributed by atoms with E-state index in [-0.39, 0.29) is 10.9 Å². The van der Waals surface area contributed by atoms with E-state index in [0.717, 1.165) is 11.8 Å². The molecular formula is C7H7NO4S. The minimum Gasteiger partial charge on any atom is -0.397 e. The maximum absolute atomic E-state index is 11.1. The molecule has 13 heavy (non-hydrogen) atoms. The molecule has 0 atom stereocenters. The lowest BCUT2D eigenvalue weighted by Gasteiger charge is -1.90. The Morgan fingerprint density at radius 2 is 2.38 bits per heavy atom. The van der Waals surface area contributed by atoms with E-state index in [0.29, 0.717) is 5.75 Å². The zero-order valence-electron chi connectivity index (χ0n) is 6.85. The van der Waals surface area contributed by atoms with E-state index in [4.69, 9.17) is 0 Å². The molecule has 1 rings (SSSR count). The number of carbonyl (C=O) groups is 1. The van der Waals surface area contributed by atoms with Crippen molar-refractivity contribution < 1.29 is 14.1 Å². The van der Waals surface area contributed by atoms with Gasteiger partial charge in [0, 0.05) is 0 Å². The molecule has 0 aliphatic heterocycles. The molecule has 0 saturated heterocycles. The molecule has 0 fully saturated rings. The Balaban J connectivity index is 2.79. The van der Waals surface area contributed by atoms with Crippen LogP contribution in [0.1, 0.15) is 17.5 Å². The second kappa shape index (κ2) is 4.08. The quantitative estimate of drug-likeness (QED) is 0.553. The van der Waals surface area contributed by atoms with Crippen molar-refractivity contribution in [3.63, 3.8) is 0 Å². The van der Waals surface area contributed by atoms with Gasteiger partial charge in [-0.25, -0.2) is 0 Å². The molecule has 0 unspecified atom stereocenters. The summed E-state index contributed by atoms with van der Waals surface area (Å²) in [5, 5.41) is 9.91. The van der Waals surface area contributed by atoms with Crippen molar-refractivity contribution in [2.24, 2.45) is 0 Å². The van der Waals surface area contributed by atoms with Gasteiger partial charge in [0.05, 0.1) is 6.07 Å². The van der Waals surface area contributed by atoms with Gasteiger partial charge in [0.15, 0.2) is 5.76 Å². The van der Waals surface area contributed by atoms with Crippen LogP contribution in [0.2, 0.25) is 0 Å². The molecule has 0 aliphatic carbocycles. The molecule has 0 N–H and O–H groups in total. The van der Waals surface area contributed by atoms with Gasteiger partial charge in [-0.05, 0) is 11.8 Å². The second-order valence-electron chi connectivity index (χ2n) is 2.12. The fourth-order valence-electron chi connectivity index (χ4n) is 0.738. The van der Waals surface area contributed by atoms with Crippen LogP contribution in [0.5, 0.6) is 0 Å². The van der Waals surface area contributed by atoms with Crippen molar-refractivity contribution in [3.8, 4) is 0 Å². The van der Waals surface area contributed by atoms with Crippen LogP contribution < -0.4 is 0 Å². The van der Waals surface area contributed by atoms with Crippen LogP contribution in [0, 0.1) is 10.1 Å². The minimum absolute atomic E-state index is 0.0264. The number of carbonyl (C=O) groups excluding carboxylic acids is 1. The van der Waals surface area contributed by atoms with E-state index < -0.39 is 10.8 Å². The first-order chi connectivity index (χ1) is 6.15. The van der Waals surface area contributed by atoms with Gasteiger partial charge in [-0.2, -0.15) is 0 Å². The summed E-state index contributed by atoms with van der Waals surface area (Å²) in [6, 6.07) is 2.48. The topological polar surface area (TPSA) is 73.3 Å². The summed E-state index contributed by atoms with van der Waals surface area (Å²) in [5.41, 5.74) is 0. The number of nitrogens with zero attached hydrogens (tertiary/aromatic N) is 1. The summed E-state index contributed by atoms with van der Waals surface area (Å²) in [4.78, 5) is 20.6. The molecule has 0 aliphatic rings. The number of thioether (sulfide) groups is 1. The van der Waals surface area contributed by atoms with Gasteiger partial charge in [-0.1, -0.05) is 18.7 Å². The van der Waals surface area contributed by atoms with Crippen LogP contribution in [-0.4, -0.2) is 15.8 Å². The number of rotatable bonds is 3. The first-order valence-electron chi connectivity index (χ1n) is 3.56. The van der Waals surface area contributed by atoms with Crippen LogP contribution in [0.15, 0.2) is 16.5 Å². The lowest BCUT2D eigenvalue weighted by molar-refractivity contribution is -0.402. The van der Waals surface area contributed by atoms with Gasteiger partial charge >= 0.3 is 5.88 Å². The molecule has 5 nitrogen and oxygen atoms in total. The average molecular weight is 201 g/mol. The molecule has 0 bridgehead atoms. The van der Waals surface area contributed by atoms with Crippen LogP contribution in [0.4, 0.5) is 5.88 Å². The van der Waals surface area contributed by atoms with Crippen molar-refractivity contribution in [2.45, 2.75) is 6.92 Å². The molecule has 1 aromatic rings. The summed E-state index contributed by atoms with van der Waals surface area (Å²) >= 11 is 1.05. The van der Waals surface area contributed by atoms with Gasteiger partial charge in [0.1, 0.15) is 4.92 Å². The Kier molecular flexibility index (Phi) is 3.07. The fourth-order valence-corrected chi connectivity index (χ4v) is 1.25. The van der Waals surface area contributed by atoms with Gasteiger partial charge in [-0.3, -0.25) is 14.9 Å². The smallest absolute Gasteiger partial charge is 0.397 e. The van der Waals surface area contributed by atoms with Gasteiger partial charge in [-0.15, -0.1) is 0 Å². The van der Waals surface area contributed by atoms with E-state index in [1.54, 1.807) is 0 Å². The van der Waals surface area contributed by atoms with E-state index in [1.165, 1.54) is 12.1 Å². The van der Waals surface area contributed by atoms with E-state index in [2.05, 4.69) is 4.42 Å². The van der Waals surface area contributed by atoms with Crippen molar-refractivity contribution in [1.82, 2.24) is 0 Å². The molecule has 1 heterocycles. The van der Waals surface area contributed by atoms with Gasteiger partial charge in [0.25, 0.3) is 5.12 Å². The predicted octanol–water partition coefficient (Wildman–Crippen LogP) is 2.08. The molecule has 1 aromatic heterocycles. The molecule has 70 valence electrons. The molecular weight excluding hydrogens is 194 g/mol. The van der Waals surface area contributed by atoms with Crippen LogP contribution in [0.25, 0.3) is 0 Å². The Hall–Kier alpha value is -1.30. The Bertz CT molecular complexity index is 333. The highest BCUT2D eigenvalue weighted by Gasteiger charge is 2.16. The monoisotopic (exact) mass is 201 g/mol. The summed E-state index contributed by atoms with van der Waals surface area (Å²) in [6.07, 6.45) is 0. The summed E-state index contributed by atoms with van der Waals surface area (Å²) in [7, 11) is 0. The third kappa shape index (κ3) is 2.32. The summed E-state index contributed by atoms with van der Waals surface area (Å²) < 4.78 is 4.69. The molecule has 0 radical (unpaired) electrons. The molecule has 0 spiro atoms. The number of nitro groups is 1. The fraction of sp³-hybridized carbons (Fsp3) is 0.286. The van der Waals surface area contributed by atoms with Crippen molar-refractivity contribution in [2.75, 3.05) is 5.75 Å². The standard InChI is InChI=1S/C7H7NO4S/c1-2-13-7(9)5-3-4-6(12-5)8(10)11/h3-4H,2H2,1H3. The largest absolute Gasteiger partial charge is 0.433 e. The maximum atomic E-state index is 11.1. The highest BCUT2D eigenvalue weighted by molar-refractivity contribution is 8.14. The van der Waals surface area contributed by atoms with Crippen molar-refractivity contribution >= 4 is 22.8 Å². The van der Waals surface area contributed by atoms with E-state index >= 15 is 0 Å². The number of hydrogen-bond acceptors (Lipinski definition) is 5. The maximum Gasteiger partial charge on any atom is 0.433 e. The van der Waals surface area contributed by atoms with Crippen LogP contribution in [-0.2, 0) is 0 Å². The molecule has 6 heteroatoms. The summed E-state index contributed by atoms with van der Waals surface area (Å²) in [5.74, 6) is 0.242. The van der Waals surface area contributed by atoms with Gasteiger partial charge < -0.3 is 4.42 Å². The van der Waals surface area contributed by atoms with Crippen molar-refractivity contribution in [1.29, 1.82) is 0 Å². The van der Waals surface area contributed by atoms with Crippen LogP contribution >= 0.6 is 11.8 Å². The molecule has 0 aromatic carbocycles. The lowest BCUT2D eigenvalue weighted by Crippen LogP contribution is -1.90. The number of furan rings is 1. The van der Waals surface area contributed by atoms with E-state index in [9.17, 15) is 14.9 Å². The Morgan fingerprint density at radius 1 is 1.69 bits per heavy atom. The first-order valence-corrected chi connectivity index (χ1v) is 4.55. The van der Waals surface area contributed by atoms with Gasteiger partial charge in [0.2, 0.25) is 0 Å². The highest BCUT2D eigenvalue weighted by Crippen LogP contribution is 2.19. The predicted molar refractivity (Wildman–Crippen MR) is 47.8 cm³/mol. The normalized spacial score (nSPS) is 9.92. The Morgan fingerprint density at radius 3 is 2.85 bits per heavy atom. The lowest BCUT2D eigenvalue weighted by atomic mass is 10.5. The molecule has 0 saturated carbocycles. The SMILES string of the molecule is CCSC(=O)c1ccc([N+](=O)[O-])o1. The zero-order valence-corrected chi connectivity index (χ0v) is 7.67. The minimum atomic E-state index is -0.673. The van der Waals surface area contributed by atoms with Crippen molar-refractivity contribution in [3.05, 3.63) is 28.0 Å². The highest BCUT2D eigenvalue weighted by atomic mass is 32.2. The Labute approximate surface area is 78.3 Å². The zero-order chi connectivity index (χ0) is 9.84. The summed E-state index contributed by atoms with van der Waals surface area (Å²) in [6.45, 7) is 1.82. The second-order valence-corrected chi connectivity index (χ2v) is 3.35. The van der Waals surface area contributed by atoms with Crippen LogP contribution in [0.3, 0.4) is 0 Å². The first kappa shape index (κ1) is 9.79.